The lowest BCUT2D eigenvalue weighted by Crippen LogP contribution is -2.26. The summed E-state index contributed by atoms with van der Waals surface area (Å²) in [7, 11) is 0. The zero-order chi connectivity index (χ0) is 19.6. The molecule has 0 aromatic heterocycles. The van der Waals surface area contributed by atoms with Crippen molar-refractivity contribution < 1.29 is 28.2 Å². The predicted octanol–water partition coefficient (Wildman–Crippen LogP) is 4.08. The third-order valence-corrected chi connectivity index (χ3v) is 4.11. The molecule has 6 heteroatoms. The van der Waals surface area contributed by atoms with Gasteiger partial charge in [0.2, 0.25) is 5.78 Å². The molecule has 2 aromatic carbocycles. The summed E-state index contributed by atoms with van der Waals surface area (Å²) in [5.41, 5.74) is 1.52. The molecule has 1 aliphatic heterocycles. The Morgan fingerprint density at radius 3 is 2.78 bits per heavy atom. The first kappa shape index (κ1) is 18.6. The summed E-state index contributed by atoms with van der Waals surface area (Å²) in [5.74, 6) is -0.254. The van der Waals surface area contributed by atoms with Gasteiger partial charge >= 0.3 is 5.97 Å². The largest absolute Gasteiger partial charge is 0.479 e. The third kappa shape index (κ3) is 3.84. The van der Waals surface area contributed by atoms with Crippen LogP contribution in [0.15, 0.2) is 42.2 Å². The maximum Gasteiger partial charge on any atom is 0.347 e. The number of carbonyl (C=O) groups is 2. The van der Waals surface area contributed by atoms with Crippen LogP contribution in [-0.2, 0) is 9.53 Å². The Balaban J connectivity index is 1.86. The van der Waals surface area contributed by atoms with Crippen molar-refractivity contribution in [1.82, 2.24) is 0 Å². The standard InChI is InChI=1S/C21H19FO5/c1-4-25-21(24)13(3)26-17-9-8-16-19(23)18(27-20(16)12(17)2)11-14-6-5-7-15(22)10-14/h5-11,13H,4H2,1-3H3/b18-11-. The Bertz CT molecular complexity index is 932. The van der Waals surface area contributed by atoms with Gasteiger partial charge in [0.05, 0.1) is 12.2 Å². The second-order valence-corrected chi connectivity index (χ2v) is 6.07. The van der Waals surface area contributed by atoms with Crippen LogP contribution in [0.25, 0.3) is 6.08 Å². The lowest BCUT2D eigenvalue weighted by molar-refractivity contribution is -0.150. The number of halogens is 1. The number of benzene rings is 2. The van der Waals surface area contributed by atoms with Gasteiger partial charge < -0.3 is 14.2 Å². The third-order valence-electron chi connectivity index (χ3n) is 4.11. The molecule has 0 spiro atoms. The van der Waals surface area contributed by atoms with Crippen molar-refractivity contribution in [2.45, 2.75) is 26.9 Å². The van der Waals surface area contributed by atoms with Gasteiger partial charge in [-0.1, -0.05) is 12.1 Å². The molecule has 0 radical (unpaired) electrons. The first-order valence-electron chi connectivity index (χ1n) is 8.57. The van der Waals surface area contributed by atoms with E-state index in [-0.39, 0.29) is 18.1 Å². The molecular formula is C21H19FO5. The smallest absolute Gasteiger partial charge is 0.347 e. The van der Waals surface area contributed by atoms with Crippen LogP contribution < -0.4 is 9.47 Å². The van der Waals surface area contributed by atoms with E-state index in [9.17, 15) is 14.0 Å². The second-order valence-electron chi connectivity index (χ2n) is 6.07. The van der Waals surface area contributed by atoms with Crippen LogP contribution in [0.5, 0.6) is 11.5 Å². The number of hydrogen-bond donors (Lipinski definition) is 0. The maximum absolute atomic E-state index is 13.4. The molecule has 0 aliphatic carbocycles. The lowest BCUT2D eigenvalue weighted by Gasteiger charge is -2.16. The van der Waals surface area contributed by atoms with Crippen molar-refractivity contribution in [3.05, 3.63) is 64.7 Å². The van der Waals surface area contributed by atoms with E-state index in [1.807, 2.05) is 0 Å². The van der Waals surface area contributed by atoms with Crippen LogP contribution >= 0.6 is 0 Å². The Kier molecular flexibility index (Phi) is 5.26. The fourth-order valence-electron chi connectivity index (χ4n) is 2.74. The number of rotatable bonds is 5. The molecule has 3 rings (SSSR count). The van der Waals surface area contributed by atoms with Crippen LogP contribution in [0.4, 0.5) is 4.39 Å². The van der Waals surface area contributed by atoms with Gasteiger partial charge in [0.15, 0.2) is 11.9 Å². The van der Waals surface area contributed by atoms with E-state index in [0.29, 0.717) is 28.2 Å². The van der Waals surface area contributed by atoms with Gasteiger partial charge in [-0.3, -0.25) is 4.79 Å². The fraction of sp³-hybridized carbons (Fsp3) is 0.238. The Morgan fingerprint density at radius 1 is 1.30 bits per heavy atom. The van der Waals surface area contributed by atoms with E-state index >= 15 is 0 Å². The lowest BCUT2D eigenvalue weighted by atomic mass is 10.1. The zero-order valence-electron chi connectivity index (χ0n) is 15.2. The normalized spacial score (nSPS) is 15.3. The minimum Gasteiger partial charge on any atom is -0.479 e. The van der Waals surface area contributed by atoms with E-state index in [1.165, 1.54) is 18.2 Å². The molecule has 1 atom stereocenters. The van der Waals surface area contributed by atoms with Crippen molar-refractivity contribution in [2.75, 3.05) is 6.61 Å². The highest BCUT2D eigenvalue weighted by Crippen LogP contribution is 2.39. The summed E-state index contributed by atoms with van der Waals surface area (Å²) in [6.45, 7) is 5.31. The molecule has 0 amide bonds. The fourth-order valence-corrected chi connectivity index (χ4v) is 2.74. The number of esters is 1. The van der Waals surface area contributed by atoms with Gasteiger partial charge in [0.1, 0.15) is 17.3 Å². The summed E-state index contributed by atoms with van der Waals surface area (Å²) < 4.78 is 29.7. The highest BCUT2D eigenvalue weighted by molar-refractivity contribution is 6.15. The summed E-state index contributed by atoms with van der Waals surface area (Å²) in [6, 6.07) is 9.09. The molecule has 140 valence electrons. The van der Waals surface area contributed by atoms with Gasteiger partial charge in [0.25, 0.3) is 0 Å². The number of fused-ring (bicyclic) bond motifs is 1. The predicted molar refractivity (Wildman–Crippen MR) is 97.2 cm³/mol. The van der Waals surface area contributed by atoms with Gasteiger partial charge in [-0.05, 0) is 56.7 Å². The molecule has 0 N–H and O–H groups in total. The van der Waals surface area contributed by atoms with Crippen LogP contribution in [0, 0.1) is 12.7 Å². The average molecular weight is 370 g/mol. The minimum atomic E-state index is -0.791. The Morgan fingerprint density at radius 2 is 2.07 bits per heavy atom. The average Bonchev–Trinajstić information content (AvgIpc) is 2.94. The van der Waals surface area contributed by atoms with Crippen LogP contribution in [0.3, 0.4) is 0 Å². The molecule has 1 heterocycles. The zero-order valence-corrected chi connectivity index (χ0v) is 15.2. The van der Waals surface area contributed by atoms with Crippen LogP contribution in [0.1, 0.15) is 35.3 Å². The quantitative estimate of drug-likeness (QED) is 0.586. The number of ether oxygens (including phenoxy) is 3. The van der Waals surface area contributed by atoms with E-state index in [0.717, 1.165) is 0 Å². The molecule has 1 aliphatic rings. The van der Waals surface area contributed by atoms with Gasteiger partial charge in [0, 0.05) is 5.56 Å². The summed E-state index contributed by atoms with van der Waals surface area (Å²) in [4.78, 5) is 24.3. The van der Waals surface area contributed by atoms with Crippen molar-refractivity contribution in [3.8, 4) is 11.5 Å². The SMILES string of the molecule is CCOC(=O)C(C)Oc1ccc2c(c1C)O/C(=C\c1cccc(F)c1)C2=O. The van der Waals surface area contributed by atoms with E-state index in [2.05, 4.69) is 0 Å². The van der Waals surface area contributed by atoms with E-state index < -0.39 is 17.9 Å². The number of allylic oxidation sites excluding steroid dienone is 1. The summed E-state index contributed by atoms with van der Waals surface area (Å²) >= 11 is 0. The van der Waals surface area contributed by atoms with Gasteiger partial charge in [-0.2, -0.15) is 0 Å². The van der Waals surface area contributed by atoms with Crippen molar-refractivity contribution >= 4 is 17.8 Å². The number of ketones is 1. The van der Waals surface area contributed by atoms with Gasteiger partial charge in [-0.25, -0.2) is 9.18 Å². The monoisotopic (exact) mass is 370 g/mol. The molecule has 1 unspecified atom stereocenters. The molecule has 0 fully saturated rings. The van der Waals surface area contributed by atoms with Gasteiger partial charge in [-0.15, -0.1) is 0 Å². The number of hydrogen-bond acceptors (Lipinski definition) is 5. The molecule has 0 saturated carbocycles. The number of Topliss-reactive ketones (excluding diaryl/α,β-unsaturated/α-hetero) is 1. The first-order valence-corrected chi connectivity index (χ1v) is 8.57. The van der Waals surface area contributed by atoms with Crippen molar-refractivity contribution in [3.63, 3.8) is 0 Å². The molecule has 0 saturated heterocycles. The van der Waals surface area contributed by atoms with E-state index in [1.54, 1.807) is 45.0 Å². The highest BCUT2D eigenvalue weighted by Gasteiger charge is 2.30. The number of carbonyl (C=O) groups excluding carboxylic acids is 2. The second kappa shape index (κ2) is 7.61. The van der Waals surface area contributed by atoms with Crippen molar-refractivity contribution in [1.29, 1.82) is 0 Å². The molecule has 0 bridgehead atoms. The molecule has 2 aromatic rings. The minimum absolute atomic E-state index is 0.106. The topological polar surface area (TPSA) is 61.8 Å². The van der Waals surface area contributed by atoms with Crippen molar-refractivity contribution in [2.24, 2.45) is 0 Å². The maximum atomic E-state index is 13.4. The van der Waals surface area contributed by atoms with Crippen LogP contribution in [0.2, 0.25) is 0 Å². The molecular weight excluding hydrogens is 351 g/mol. The summed E-state index contributed by atoms with van der Waals surface area (Å²) in [6.07, 6.45) is 0.702. The first-order chi connectivity index (χ1) is 12.9. The Labute approximate surface area is 156 Å². The molecule has 27 heavy (non-hydrogen) atoms. The summed E-state index contributed by atoms with van der Waals surface area (Å²) in [5, 5.41) is 0. The Hall–Kier alpha value is -3.15. The van der Waals surface area contributed by atoms with Crippen LogP contribution in [-0.4, -0.2) is 24.5 Å². The highest BCUT2D eigenvalue weighted by atomic mass is 19.1. The van der Waals surface area contributed by atoms with E-state index in [4.69, 9.17) is 14.2 Å². The molecule has 5 nitrogen and oxygen atoms in total.